The first-order chi connectivity index (χ1) is 18.9. The lowest BCUT2D eigenvalue weighted by Crippen LogP contribution is -2.51. The number of hydrogen-bond acceptors (Lipinski definition) is 5. The molecule has 1 aliphatic rings. The number of rotatable bonds is 5. The molecule has 0 spiro atoms. The average molecular weight is 531 g/mol. The van der Waals surface area contributed by atoms with E-state index in [1.54, 1.807) is 21.7 Å². The lowest BCUT2D eigenvalue weighted by molar-refractivity contribution is -0.130. The van der Waals surface area contributed by atoms with Crippen LogP contribution in [0.5, 0.6) is 0 Å². The molecular weight excluding hydrogens is 492 g/mol. The molecular formula is C30H38N6O3. The predicted octanol–water partition coefficient (Wildman–Crippen LogP) is 3.45. The predicted molar refractivity (Wildman–Crippen MR) is 149 cm³/mol. The van der Waals surface area contributed by atoms with Gasteiger partial charge in [-0.25, -0.2) is 9.67 Å². The van der Waals surface area contributed by atoms with Gasteiger partial charge in [0.1, 0.15) is 17.7 Å². The summed E-state index contributed by atoms with van der Waals surface area (Å²) in [6.07, 6.45) is 1.95. The molecule has 1 aromatic heterocycles. The zero-order chi connectivity index (χ0) is 27.8. The highest BCUT2D eigenvalue weighted by Crippen LogP contribution is 2.20. The Morgan fingerprint density at radius 2 is 1.69 bits per heavy atom. The number of fused-ring (bicyclic) bond motifs is 1. The van der Waals surface area contributed by atoms with Crippen molar-refractivity contribution in [2.24, 2.45) is 5.92 Å². The third kappa shape index (κ3) is 7.31. The van der Waals surface area contributed by atoms with Crippen LogP contribution in [0.15, 0.2) is 60.7 Å². The average Bonchev–Trinajstić information content (AvgIpc) is 3.33. The van der Waals surface area contributed by atoms with Gasteiger partial charge < -0.3 is 15.5 Å². The zero-order valence-electron chi connectivity index (χ0n) is 23.0. The summed E-state index contributed by atoms with van der Waals surface area (Å²) < 4.78 is 1.80. The molecule has 2 N–H and O–H groups in total. The number of amides is 3. The standard InChI is InChI=1S/C30H38N6O3/c1-4-21(2)27-29(38)32-25(20-23-12-7-5-8-13-23)28-31-22(3)34-36(28)19-18-35(17-11-16-26(37)33-27)30(39)24-14-9-6-10-15-24/h5-10,12-15,21,25,27H,4,11,16-20H2,1-3H3,(H,32,38)(H,33,37)/t21-,25-,27-/m0/s1. The Balaban J connectivity index is 1.70. The van der Waals surface area contributed by atoms with Crippen molar-refractivity contribution in [3.05, 3.63) is 83.4 Å². The van der Waals surface area contributed by atoms with Crippen LogP contribution >= 0.6 is 0 Å². The second-order valence-corrected chi connectivity index (χ2v) is 10.2. The van der Waals surface area contributed by atoms with Crippen LogP contribution in [0.4, 0.5) is 0 Å². The molecule has 0 unspecified atom stereocenters. The second kappa shape index (κ2) is 13.2. The molecule has 0 saturated heterocycles. The van der Waals surface area contributed by atoms with Crippen molar-refractivity contribution in [3.8, 4) is 0 Å². The molecule has 3 amide bonds. The molecule has 0 saturated carbocycles. The normalized spacial score (nSPS) is 19.8. The van der Waals surface area contributed by atoms with Gasteiger partial charge in [-0.1, -0.05) is 68.8 Å². The topological polar surface area (TPSA) is 109 Å². The largest absolute Gasteiger partial charge is 0.344 e. The minimum absolute atomic E-state index is 0.0602. The van der Waals surface area contributed by atoms with E-state index >= 15 is 0 Å². The minimum atomic E-state index is -0.678. The Morgan fingerprint density at radius 1 is 1.00 bits per heavy atom. The van der Waals surface area contributed by atoms with E-state index < -0.39 is 12.1 Å². The van der Waals surface area contributed by atoms with E-state index in [0.717, 1.165) is 12.0 Å². The number of nitrogens with one attached hydrogen (secondary N) is 2. The molecule has 2 aromatic carbocycles. The summed E-state index contributed by atoms with van der Waals surface area (Å²) in [6.45, 7) is 7.02. The van der Waals surface area contributed by atoms with Crippen LogP contribution in [0.25, 0.3) is 0 Å². The van der Waals surface area contributed by atoms with Crippen LogP contribution in [-0.4, -0.2) is 56.5 Å². The van der Waals surface area contributed by atoms with Gasteiger partial charge in [-0.3, -0.25) is 14.4 Å². The number of carbonyl (C=O) groups is 3. The van der Waals surface area contributed by atoms with E-state index in [0.29, 0.717) is 49.7 Å². The highest BCUT2D eigenvalue weighted by Gasteiger charge is 2.30. The smallest absolute Gasteiger partial charge is 0.253 e. The fourth-order valence-corrected chi connectivity index (χ4v) is 4.88. The second-order valence-electron chi connectivity index (χ2n) is 10.2. The van der Waals surface area contributed by atoms with Gasteiger partial charge in [-0.2, -0.15) is 5.10 Å². The molecule has 0 fully saturated rings. The van der Waals surface area contributed by atoms with Crippen molar-refractivity contribution >= 4 is 17.7 Å². The molecule has 3 aromatic rings. The maximum atomic E-state index is 13.6. The van der Waals surface area contributed by atoms with E-state index in [4.69, 9.17) is 4.98 Å². The molecule has 3 atom stereocenters. The fourth-order valence-electron chi connectivity index (χ4n) is 4.88. The number of hydrogen-bond donors (Lipinski definition) is 2. The quantitative estimate of drug-likeness (QED) is 0.525. The first kappa shape index (κ1) is 28.0. The van der Waals surface area contributed by atoms with E-state index in [2.05, 4.69) is 15.7 Å². The Kier molecular flexibility index (Phi) is 9.46. The van der Waals surface area contributed by atoms with Gasteiger partial charge in [0.05, 0.1) is 12.6 Å². The number of benzene rings is 2. The van der Waals surface area contributed by atoms with Crippen LogP contribution < -0.4 is 10.6 Å². The summed E-state index contributed by atoms with van der Waals surface area (Å²) in [6, 6.07) is 17.9. The number of carbonyl (C=O) groups excluding carboxylic acids is 3. The molecule has 39 heavy (non-hydrogen) atoms. The van der Waals surface area contributed by atoms with Gasteiger partial charge in [0, 0.05) is 25.1 Å². The number of aryl methyl sites for hydroxylation is 1. The maximum Gasteiger partial charge on any atom is 0.253 e. The lowest BCUT2D eigenvalue weighted by Gasteiger charge is -2.28. The molecule has 206 valence electrons. The third-order valence-electron chi connectivity index (χ3n) is 7.25. The molecule has 9 nitrogen and oxygen atoms in total. The van der Waals surface area contributed by atoms with E-state index in [-0.39, 0.29) is 30.1 Å². The summed E-state index contributed by atoms with van der Waals surface area (Å²) in [5.74, 6) is 0.641. The van der Waals surface area contributed by atoms with Crippen molar-refractivity contribution in [1.82, 2.24) is 30.3 Å². The molecule has 0 radical (unpaired) electrons. The summed E-state index contributed by atoms with van der Waals surface area (Å²) in [5.41, 5.74) is 1.64. The van der Waals surface area contributed by atoms with Crippen LogP contribution in [0.2, 0.25) is 0 Å². The van der Waals surface area contributed by atoms with E-state index in [1.807, 2.05) is 69.3 Å². The lowest BCUT2D eigenvalue weighted by atomic mass is 9.97. The van der Waals surface area contributed by atoms with Gasteiger partial charge in [0.15, 0.2) is 0 Å². The molecule has 0 bridgehead atoms. The summed E-state index contributed by atoms with van der Waals surface area (Å²) in [4.78, 5) is 46.4. The van der Waals surface area contributed by atoms with Gasteiger partial charge in [0.25, 0.3) is 5.91 Å². The summed E-state index contributed by atoms with van der Waals surface area (Å²) >= 11 is 0. The van der Waals surface area contributed by atoms with Crippen LogP contribution in [-0.2, 0) is 22.6 Å². The first-order valence-corrected chi connectivity index (χ1v) is 13.7. The van der Waals surface area contributed by atoms with Crippen LogP contribution in [0.1, 0.15) is 66.7 Å². The molecule has 0 aliphatic carbocycles. The Hall–Kier alpha value is -4.01. The van der Waals surface area contributed by atoms with Crippen molar-refractivity contribution in [2.75, 3.05) is 13.1 Å². The molecule has 9 heteroatoms. The van der Waals surface area contributed by atoms with Crippen LogP contribution in [0.3, 0.4) is 0 Å². The van der Waals surface area contributed by atoms with Crippen molar-refractivity contribution in [1.29, 1.82) is 0 Å². The van der Waals surface area contributed by atoms with Crippen molar-refractivity contribution in [2.45, 2.75) is 65.1 Å². The van der Waals surface area contributed by atoms with Crippen molar-refractivity contribution in [3.63, 3.8) is 0 Å². The van der Waals surface area contributed by atoms with E-state index in [1.165, 1.54) is 0 Å². The fraction of sp³-hybridized carbons (Fsp3) is 0.433. The van der Waals surface area contributed by atoms with E-state index in [9.17, 15) is 14.4 Å². The highest BCUT2D eigenvalue weighted by molar-refractivity contribution is 5.94. The van der Waals surface area contributed by atoms with Crippen LogP contribution in [0, 0.1) is 12.8 Å². The summed E-state index contributed by atoms with van der Waals surface area (Å²) in [7, 11) is 0. The first-order valence-electron chi connectivity index (χ1n) is 13.7. The van der Waals surface area contributed by atoms with Gasteiger partial charge in [0.2, 0.25) is 11.8 Å². The zero-order valence-corrected chi connectivity index (χ0v) is 23.0. The molecule has 1 aliphatic heterocycles. The third-order valence-corrected chi connectivity index (χ3v) is 7.25. The van der Waals surface area contributed by atoms with Gasteiger partial charge in [-0.05, 0) is 43.4 Å². The molecule has 4 rings (SSSR count). The highest BCUT2D eigenvalue weighted by atomic mass is 16.2. The number of aromatic nitrogens is 3. The van der Waals surface area contributed by atoms with Gasteiger partial charge in [-0.15, -0.1) is 0 Å². The monoisotopic (exact) mass is 530 g/mol. The molecule has 2 heterocycles. The van der Waals surface area contributed by atoms with Crippen molar-refractivity contribution < 1.29 is 14.4 Å². The SMILES string of the molecule is CC[C@H](C)[C@@H]1NC(=O)CCCN(C(=O)c2ccccc2)CCn2nc(C)nc2[C@H](Cc2ccccc2)NC1=O. The van der Waals surface area contributed by atoms with Gasteiger partial charge >= 0.3 is 0 Å². The Bertz CT molecular complexity index is 1260. The Labute approximate surface area is 230 Å². The minimum Gasteiger partial charge on any atom is -0.344 e. The number of nitrogens with zero attached hydrogens (tertiary/aromatic N) is 4. The maximum absolute atomic E-state index is 13.6. The Morgan fingerprint density at radius 3 is 2.38 bits per heavy atom. The summed E-state index contributed by atoms with van der Waals surface area (Å²) in [5, 5.41) is 10.8.